The van der Waals surface area contributed by atoms with E-state index in [1.165, 1.54) is 12.1 Å². The van der Waals surface area contributed by atoms with Gasteiger partial charge >= 0.3 is 0 Å². The second-order valence-electron chi connectivity index (χ2n) is 4.83. The van der Waals surface area contributed by atoms with Crippen molar-refractivity contribution in [1.29, 1.82) is 0 Å². The summed E-state index contributed by atoms with van der Waals surface area (Å²) in [6, 6.07) is 6.29. The highest BCUT2D eigenvalue weighted by Crippen LogP contribution is 2.16. The van der Waals surface area contributed by atoms with Crippen LogP contribution in [-0.2, 0) is 11.3 Å². The van der Waals surface area contributed by atoms with Crippen molar-refractivity contribution in [2.24, 2.45) is 0 Å². The molecule has 0 aliphatic carbocycles. The summed E-state index contributed by atoms with van der Waals surface area (Å²) in [5, 5.41) is 8.24. The Kier molecular flexibility index (Phi) is 4.03. The molecule has 0 unspecified atom stereocenters. The summed E-state index contributed by atoms with van der Waals surface area (Å²) in [4.78, 5) is 2.35. The zero-order valence-corrected chi connectivity index (χ0v) is 11.2. The SMILES string of the molecule is Fc1ccc(-c2cn(CCN3CCOCC3)nn2)cc1. The molecule has 1 saturated heterocycles. The first-order valence-electron chi connectivity index (χ1n) is 6.77. The average molecular weight is 276 g/mol. The van der Waals surface area contributed by atoms with E-state index in [9.17, 15) is 4.39 Å². The van der Waals surface area contributed by atoms with E-state index in [2.05, 4.69) is 15.2 Å². The molecule has 0 atom stereocenters. The van der Waals surface area contributed by atoms with Crippen LogP contribution in [0.2, 0.25) is 0 Å². The molecule has 0 amide bonds. The van der Waals surface area contributed by atoms with Crippen LogP contribution in [-0.4, -0.2) is 52.7 Å². The minimum absolute atomic E-state index is 0.242. The van der Waals surface area contributed by atoms with Crippen molar-refractivity contribution in [3.63, 3.8) is 0 Å². The molecule has 2 aromatic rings. The molecule has 1 fully saturated rings. The molecule has 106 valence electrons. The lowest BCUT2D eigenvalue weighted by atomic mass is 10.2. The molecular formula is C14H17FN4O. The van der Waals surface area contributed by atoms with Crippen LogP contribution in [0.25, 0.3) is 11.3 Å². The van der Waals surface area contributed by atoms with Crippen molar-refractivity contribution in [3.8, 4) is 11.3 Å². The van der Waals surface area contributed by atoms with Gasteiger partial charge in [0.2, 0.25) is 0 Å². The lowest BCUT2D eigenvalue weighted by Crippen LogP contribution is -2.38. The third-order valence-electron chi connectivity index (χ3n) is 3.43. The van der Waals surface area contributed by atoms with Crippen LogP contribution < -0.4 is 0 Å². The van der Waals surface area contributed by atoms with E-state index in [4.69, 9.17) is 4.74 Å². The van der Waals surface area contributed by atoms with Crippen LogP contribution in [0.4, 0.5) is 4.39 Å². The smallest absolute Gasteiger partial charge is 0.123 e. The summed E-state index contributed by atoms with van der Waals surface area (Å²) in [7, 11) is 0. The molecule has 1 aromatic carbocycles. The fourth-order valence-corrected chi connectivity index (χ4v) is 2.23. The van der Waals surface area contributed by atoms with Gasteiger partial charge < -0.3 is 4.74 Å². The highest BCUT2D eigenvalue weighted by Gasteiger charge is 2.10. The van der Waals surface area contributed by atoms with Gasteiger partial charge in [0.25, 0.3) is 0 Å². The fraction of sp³-hybridized carbons (Fsp3) is 0.429. The van der Waals surface area contributed by atoms with Gasteiger partial charge in [0.05, 0.1) is 26.0 Å². The first-order valence-corrected chi connectivity index (χ1v) is 6.77. The Labute approximate surface area is 117 Å². The van der Waals surface area contributed by atoms with Gasteiger partial charge in [0.15, 0.2) is 0 Å². The van der Waals surface area contributed by atoms with Crippen LogP contribution in [0.1, 0.15) is 0 Å². The van der Waals surface area contributed by atoms with Crippen LogP contribution >= 0.6 is 0 Å². The minimum Gasteiger partial charge on any atom is -0.379 e. The molecule has 1 aliphatic heterocycles. The van der Waals surface area contributed by atoms with Gasteiger partial charge in [-0.2, -0.15) is 0 Å². The number of nitrogens with zero attached hydrogens (tertiary/aromatic N) is 4. The molecule has 0 bridgehead atoms. The van der Waals surface area contributed by atoms with Crippen molar-refractivity contribution >= 4 is 0 Å². The van der Waals surface area contributed by atoms with Gasteiger partial charge in [0.1, 0.15) is 11.5 Å². The number of aromatic nitrogens is 3. The first kappa shape index (κ1) is 13.2. The molecule has 0 saturated carbocycles. The van der Waals surface area contributed by atoms with Gasteiger partial charge in [-0.05, 0) is 24.3 Å². The van der Waals surface area contributed by atoms with Gasteiger partial charge in [-0.3, -0.25) is 9.58 Å². The summed E-state index contributed by atoms with van der Waals surface area (Å²) < 4.78 is 20.0. The molecule has 0 spiro atoms. The Morgan fingerprint density at radius 1 is 1.10 bits per heavy atom. The van der Waals surface area contributed by atoms with Crippen molar-refractivity contribution in [3.05, 3.63) is 36.3 Å². The number of benzene rings is 1. The Balaban J connectivity index is 1.60. The average Bonchev–Trinajstić information content (AvgIpc) is 2.96. The topological polar surface area (TPSA) is 43.2 Å². The molecule has 0 radical (unpaired) electrons. The van der Waals surface area contributed by atoms with Crippen molar-refractivity contribution in [1.82, 2.24) is 19.9 Å². The summed E-state index contributed by atoms with van der Waals surface area (Å²) in [6.45, 7) is 5.29. The highest BCUT2D eigenvalue weighted by molar-refractivity contribution is 5.57. The first-order chi connectivity index (χ1) is 9.81. The summed E-state index contributed by atoms with van der Waals surface area (Å²) in [5.74, 6) is -0.242. The summed E-state index contributed by atoms with van der Waals surface area (Å²) >= 11 is 0. The van der Waals surface area contributed by atoms with Crippen LogP contribution in [0, 0.1) is 5.82 Å². The fourth-order valence-electron chi connectivity index (χ4n) is 2.23. The largest absolute Gasteiger partial charge is 0.379 e. The zero-order valence-electron chi connectivity index (χ0n) is 11.2. The predicted molar refractivity (Wildman–Crippen MR) is 72.7 cm³/mol. The van der Waals surface area contributed by atoms with Crippen molar-refractivity contribution < 1.29 is 9.13 Å². The second-order valence-corrected chi connectivity index (χ2v) is 4.83. The Hall–Kier alpha value is -1.79. The lowest BCUT2D eigenvalue weighted by molar-refractivity contribution is 0.0359. The molecule has 1 aliphatic rings. The molecular weight excluding hydrogens is 259 g/mol. The van der Waals surface area contributed by atoms with Crippen molar-refractivity contribution in [2.75, 3.05) is 32.8 Å². The van der Waals surface area contributed by atoms with E-state index in [-0.39, 0.29) is 5.82 Å². The maximum absolute atomic E-state index is 12.9. The Bertz CT molecular complexity index is 549. The third kappa shape index (κ3) is 3.20. The van der Waals surface area contributed by atoms with Gasteiger partial charge in [-0.15, -0.1) is 5.10 Å². The van der Waals surface area contributed by atoms with Gasteiger partial charge in [-0.1, -0.05) is 5.21 Å². The molecule has 20 heavy (non-hydrogen) atoms. The molecule has 1 aromatic heterocycles. The molecule has 6 heteroatoms. The molecule has 0 N–H and O–H groups in total. The number of ether oxygens (including phenoxy) is 1. The number of morpholine rings is 1. The van der Waals surface area contributed by atoms with E-state index in [0.29, 0.717) is 0 Å². The normalized spacial score (nSPS) is 16.4. The van der Waals surface area contributed by atoms with E-state index < -0.39 is 0 Å². The quantitative estimate of drug-likeness (QED) is 0.847. The van der Waals surface area contributed by atoms with Crippen molar-refractivity contribution in [2.45, 2.75) is 6.54 Å². The van der Waals surface area contributed by atoms with E-state index in [1.54, 1.807) is 12.1 Å². The Morgan fingerprint density at radius 2 is 1.85 bits per heavy atom. The third-order valence-corrected chi connectivity index (χ3v) is 3.43. The number of halogens is 1. The Morgan fingerprint density at radius 3 is 2.60 bits per heavy atom. The van der Waals surface area contributed by atoms with Gasteiger partial charge in [-0.25, -0.2) is 4.39 Å². The molecule has 5 nitrogen and oxygen atoms in total. The summed E-state index contributed by atoms with van der Waals surface area (Å²) in [5.41, 5.74) is 1.65. The molecule has 3 rings (SSSR count). The van der Waals surface area contributed by atoms with E-state index >= 15 is 0 Å². The monoisotopic (exact) mass is 276 g/mol. The number of hydrogen-bond acceptors (Lipinski definition) is 4. The predicted octanol–water partition coefficient (Wildman–Crippen LogP) is 1.42. The molecule has 2 heterocycles. The van der Waals surface area contributed by atoms with Gasteiger partial charge in [0, 0.05) is 25.2 Å². The van der Waals surface area contributed by atoms with E-state index in [1.807, 2.05) is 10.9 Å². The maximum Gasteiger partial charge on any atom is 0.123 e. The number of hydrogen-bond donors (Lipinski definition) is 0. The second kappa shape index (κ2) is 6.11. The van der Waals surface area contributed by atoms with E-state index in [0.717, 1.165) is 50.7 Å². The highest BCUT2D eigenvalue weighted by atomic mass is 19.1. The number of rotatable bonds is 4. The maximum atomic E-state index is 12.9. The summed E-state index contributed by atoms with van der Waals surface area (Å²) in [6.07, 6.45) is 1.90. The zero-order chi connectivity index (χ0) is 13.8. The lowest BCUT2D eigenvalue weighted by Gasteiger charge is -2.26. The standard InChI is InChI=1S/C14H17FN4O/c15-13-3-1-12(2-4-13)14-11-19(17-16-14)6-5-18-7-9-20-10-8-18/h1-4,11H,5-10H2. The minimum atomic E-state index is -0.242. The van der Waals surface area contributed by atoms with Crippen LogP contribution in [0.5, 0.6) is 0 Å². The van der Waals surface area contributed by atoms with Crippen LogP contribution in [0.15, 0.2) is 30.5 Å². The van der Waals surface area contributed by atoms with Crippen LogP contribution in [0.3, 0.4) is 0 Å².